The zero-order chi connectivity index (χ0) is 17.0. The first kappa shape index (κ1) is 21.2. The van der Waals surface area contributed by atoms with Crippen molar-refractivity contribution in [3.63, 3.8) is 0 Å². The maximum absolute atomic E-state index is 5.18. The van der Waals surface area contributed by atoms with Crippen molar-refractivity contribution in [3.8, 4) is 5.75 Å². The van der Waals surface area contributed by atoms with E-state index in [9.17, 15) is 0 Å². The van der Waals surface area contributed by atoms with E-state index >= 15 is 0 Å². The van der Waals surface area contributed by atoms with E-state index in [1.807, 2.05) is 30.3 Å². The van der Waals surface area contributed by atoms with Gasteiger partial charge in [-0.05, 0) is 49.6 Å². The summed E-state index contributed by atoms with van der Waals surface area (Å²) in [6.45, 7) is 4.36. The third-order valence-electron chi connectivity index (χ3n) is 3.56. The van der Waals surface area contributed by atoms with Gasteiger partial charge in [0.2, 0.25) is 0 Å². The molecule has 0 radical (unpaired) electrons. The molecule has 25 heavy (non-hydrogen) atoms. The molecular formula is C19H27IN4O. The van der Waals surface area contributed by atoms with E-state index in [-0.39, 0.29) is 24.0 Å². The number of aromatic nitrogens is 1. The summed E-state index contributed by atoms with van der Waals surface area (Å²) in [5.41, 5.74) is 2.28. The summed E-state index contributed by atoms with van der Waals surface area (Å²) in [4.78, 5) is 8.85. The number of halogens is 1. The number of rotatable bonds is 8. The Morgan fingerprint density at radius 1 is 1.12 bits per heavy atom. The first-order valence-electron chi connectivity index (χ1n) is 8.37. The van der Waals surface area contributed by atoms with Crippen LogP contribution in [0.25, 0.3) is 0 Å². The lowest BCUT2D eigenvalue weighted by atomic mass is 10.1. The van der Waals surface area contributed by atoms with Gasteiger partial charge in [0.25, 0.3) is 0 Å². The predicted octanol–water partition coefficient (Wildman–Crippen LogP) is 3.40. The monoisotopic (exact) mass is 454 g/mol. The van der Waals surface area contributed by atoms with Crippen molar-refractivity contribution in [1.82, 2.24) is 15.6 Å². The van der Waals surface area contributed by atoms with E-state index in [2.05, 4.69) is 39.7 Å². The third kappa shape index (κ3) is 8.20. The quantitative estimate of drug-likeness (QED) is 0.278. The summed E-state index contributed by atoms with van der Waals surface area (Å²) in [6.07, 6.45) is 3.86. The minimum Gasteiger partial charge on any atom is -0.497 e. The number of hydrogen-bond donors (Lipinski definition) is 2. The van der Waals surface area contributed by atoms with E-state index in [0.717, 1.165) is 43.3 Å². The molecule has 136 valence electrons. The highest BCUT2D eigenvalue weighted by Crippen LogP contribution is 2.12. The molecule has 0 saturated carbocycles. The van der Waals surface area contributed by atoms with Crippen molar-refractivity contribution in [2.45, 2.75) is 26.3 Å². The Bertz CT molecular complexity index is 617. The van der Waals surface area contributed by atoms with Crippen LogP contribution < -0.4 is 15.4 Å². The second-order valence-electron chi connectivity index (χ2n) is 5.39. The largest absolute Gasteiger partial charge is 0.497 e. The van der Waals surface area contributed by atoms with Crippen molar-refractivity contribution >= 4 is 29.9 Å². The van der Waals surface area contributed by atoms with Gasteiger partial charge in [-0.15, -0.1) is 24.0 Å². The van der Waals surface area contributed by atoms with Crippen molar-refractivity contribution in [3.05, 3.63) is 59.9 Å². The van der Waals surface area contributed by atoms with Crippen LogP contribution in [0.15, 0.2) is 53.7 Å². The van der Waals surface area contributed by atoms with Crippen LogP contribution in [0, 0.1) is 0 Å². The lowest BCUT2D eigenvalue weighted by Crippen LogP contribution is -2.37. The van der Waals surface area contributed by atoms with Crippen molar-refractivity contribution in [1.29, 1.82) is 0 Å². The molecule has 0 spiro atoms. The Morgan fingerprint density at radius 2 is 1.92 bits per heavy atom. The highest BCUT2D eigenvalue weighted by atomic mass is 127. The fourth-order valence-corrected chi connectivity index (χ4v) is 2.28. The molecule has 2 aromatic rings. The normalized spacial score (nSPS) is 10.7. The molecule has 0 atom stereocenters. The van der Waals surface area contributed by atoms with E-state index in [4.69, 9.17) is 4.74 Å². The molecule has 0 aliphatic rings. The van der Waals surface area contributed by atoms with E-state index in [0.29, 0.717) is 6.54 Å². The van der Waals surface area contributed by atoms with Crippen LogP contribution in [0.1, 0.15) is 24.6 Å². The standard InChI is InChI=1S/C19H26N4O.HI/c1-3-20-19(23-15-17-8-4-5-13-21-17)22-14-6-7-16-9-11-18(24-2)12-10-16;/h4-5,8-13H,3,6-7,14-15H2,1-2H3,(H2,20,22,23);1H. The van der Waals surface area contributed by atoms with Gasteiger partial charge < -0.3 is 15.4 Å². The second-order valence-corrected chi connectivity index (χ2v) is 5.39. The predicted molar refractivity (Wildman–Crippen MR) is 114 cm³/mol. The average Bonchev–Trinajstić information content (AvgIpc) is 2.64. The highest BCUT2D eigenvalue weighted by molar-refractivity contribution is 14.0. The summed E-state index contributed by atoms with van der Waals surface area (Å²) in [5.74, 6) is 1.73. The number of methoxy groups -OCH3 is 1. The number of nitrogens with zero attached hydrogens (tertiary/aromatic N) is 2. The molecule has 5 nitrogen and oxygen atoms in total. The first-order valence-corrected chi connectivity index (χ1v) is 8.37. The van der Waals surface area contributed by atoms with Gasteiger partial charge in [0, 0.05) is 19.3 Å². The molecular weight excluding hydrogens is 427 g/mol. The van der Waals surface area contributed by atoms with Crippen LogP contribution in [0.3, 0.4) is 0 Å². The van der Waals surface area contributed by atoms with E-state index < -0.39 is 0 Å². The van der Waals surface area contributed by atoms with Crippen molar-refractivity contribution in [2.75, 3.05) is 20.2 Å². The van der Waals surface area contributed by atoms with Crippen molar-refractivity contribution < 1.29 is 4.74 Å². The van der Waals surface area contributed by atoms with Gasteiger partial charge in [0.1, 0.15) is 5.75 Å². The average molecular weight is 454 g/mol. The topological polar surface area (TPSA) is 58.5 Å². The van der Waals surface area contributed by atoms with Crippen LogP contribution in [0.2, 0.25) is 0 Å². The molecule has 0 saturated heterocycles. The van der Waals surface area contributed by atoms with Crippen LogP contribution in [-0.4, -0.2) is 31.1 Å². The van der Waals surface area contributed by atoms with Crippen LogP contribution in [0.5, 0.6) is 5.75 Å². The summed E-state index contributed by atoms with van der Waals surface area (Å²) < 4.78 is 5.18. The summed E-state index contributed by atoms with van der Waals surface area (Å²) >= 11 is 0. The molecule has 6 heteroatoms. The minimum absolute atomic E-state index is 0. The number of ether oxygens (including phenoxy) is 1. The van der Waals surface area contributed by atoms with E-state index in [1.54, 1.807) is 13.3 Å². The van der Waals surface area contributed by atoms with Gasteiger partial charge in [-0.1, -0.05) is 18.2 Å². The third-order valence-corrected chi connectivity index (χ3v) is 3.56. The molecule has 2 rings (SSSR count). The Hall–Kier alpha value is -1.83. The lowest BCUT2D eigenvalue weighted by Gasteiger charge is -2.11. The number of nitrogens with one attached hydrogen (secondary N) is 2. The van der Waals surface area contributed by atoms with Crippen molar-refractivity contribution in [2.24, 2.45) is 4.99 Å². The fourth-order valence-electron chi connectivity index (χ4n) is 2.28. The van der Waals surface area contributed by atoms with Gasteiger partial charge in [-0.2, -0.15) is 0 Å². The SMILES string of the molecule is CCNC(=NCc1ccccn1)NCCCc1ccc(OC)cc1.I. The molecule has 0 aliphatic carbocycles. The first-order chi connectivity index (χ1) is 11.8. The zero-order valence-corrected chi connectivity index (χ0v) is 17.2. The van der Waals surface area contributed by atoms with Gasteiger partial charge >= 0.3 is 0 Å². The van der Waals surface area contributed by atoms with Gasteiger partial charge in [0.15, 0.2) is 5.96 Å². The Kier molecular flexibility index (Phi) is 10.6. The lowest BCUT2D eigenvalue weighted by molar-refractivity contribution is 0.414. The highest BCUT2D eigenvalue weighted by Gasteiger charge is 1.99. The molecule has 1 aromatic heterocycles. The molecule has 0 amide bonds. The summed E-state index contributed by atoms with van der Waals surface area (Å²) in [7, 11) is 1.69. The number of guanidine groups is 1. The molecule has 2 N–H and O–H groups in total. The van der Waals surface area contributed by atoms with Gasteiger partial charge in [-0.3, -0.25) is 4.98 Å². The molecule has 0 fully saturated rings. The van der Waals surface area contributed by atoms with Gasteiger partial charge in [-0.25, -0.2) is 4.99 Å². The smallest absolute Gasteiger partial charge is 0.191 e. The van der Waals surface area contributed by atoms with Crippen LogP contribution in [-0.2, 0) is 13.0 Å². The summed E-state index contributed by atoms with van der Waals surface area (Å²) in [6, 6.07) is 14.1. The molecule has 0 aliphatic heterocycles. The number of pyridine rings is 1. The Balaban J connectivity index is 0.00000312. The Labute approximate surface area is 167 Å². The van der Waals surface area contributed by atoms with E-state index in [1.165, 1.54) is 5.56 Å². The second kappa shape index (κ2) is 12.5. The van der Waals surface area contributed by atoms with Crippen LogP contribution in [0.4, 0.5) is 0 Å². The fraction of sp³-hybridized carbons (Fsp3) is 0.368. The number of aliphatic imine (C=N–C) groups is 1. The molecule has 1 heterocycles. The Morgan fingerprint density at radius 3 is 2.56 bits per heavy atom. The maximum Gasteiger partial charge on any atom is 0.191 e. The van der Waals surface area contributed by atoms with Gasteiger partial charge in [0.05, 0.1) is 19.3 Å². The minimum atomic E-state index is 0. The summed E-state index contributed by atoms with van der Waals surface area (Å²) in [5, 5.41) is 6.63. The number of benzene rings is 1. The molecule has 0 unspecified atom stereocenters. The zero-order valence-electron chi connectivity index (χ0n) is 14.9. The maximum atomic E-state index is 5.18. The van der Waals surface area contributed by atoms with Crippen LogP contribution >= 0.6 is 24.0 Å². The number of hydrogen-bond acceptors (Lipinski definition) is 3. The number of aryl methyl sites for hydroxylation is 1. The molecule has 0 bridgehead atoms. The molecule has 1 aromatic carbocycles.